The maximum Gasteiger partial charge on any atom is 0.265 e. The highest BCUT2D eigenvalue weighted by atomic mass is 16.5. The molecule has 0 atom stereocenters. The normalized spacial score (nSPS) is 18.0. The van der Waals surface area contributed by atoms with Crippen molar-refractivity contribution < 1.29 is 19.1 Å². The monoisotopic (exact) mass is 304 g/mol. The van der Waals surface area contributed by atoms with Gasteiger partial charge in [-0.05, 0) is 24.6 Å². The van der Waals surface area contributed by atoms with Crippen molar-refractivity contribution in [2.45, 2.75) is 13.3 Å². The molecule has 0 saturated carbocycles. The fraction of sp³-hybridized carbons (Fsp3) is 0.500. The van der Waals surface area contributed by atoms with Gasteiger partial charge in [0.2, 0.25) is 5.91 Å². The van der Waals surface area contributed by atoms with E-state index in [0.717, 1.165) is 11.3 Å². The minimum atomic E-state index is -0.104. The van der Waals surface area contributed by atoms with Gasteiger partial charge in [0.25, 0.3) is 5.91 Å². The number of nitrogens with zero attached hydrogens (tertiary/aromatic N) is 2. The topological polar surface area (TPSA) is 59.1 Å². The summed E-state index contributed by atoms with van der Waals surface area (Å²) in [6.45, 7) is 4.82. The summed E-state index contributed by atoms with van der Waals surface area (Å²) in [6.07, 6.45) is 0.319. The number of rotatable bonds is 3. The van der Waals surface area contributed by atoms with Crippen LogP contribution in [-0.4, -0.2) is 56.2 Å². The first kappa shape index (κ1) is 14.8. The first-order valence-corrected chi connectivity index (χ1v) is 7.54. The van der Waals surface area contributed by atoms with Gasteiger partial charge in [0, 0.05) is 26.1 Å². The summed E-state index contributed by atoms with van der Waals surface area (Å²) in [4.78, 5) is 27.8. The lowest BCUT2D eigenvalue weighted by Crippen LogP contribution is -2.44. The predicted octanol–water partition coefficient (Wildman–Crippen LogP) is 0.969. The van der Waals surface area contributed by atoms with E-state index in [1.807, 2.05) is 25.1 Å². The number of hydrogen-bond donors (Lipinski definition) is 0. The first-order chi connectivity index (χ1) is 10.6. The maximum absolute atomic E-state index is 12.2. The quantitative estimate of drug-likeness (QED) is 0.835. The Morgan fingerprint density at radius 3 is 2.82 bits per heavy atom. The van der Waals surface area contributed by atoms with Crippen LogP contribution in [0.4, 0.5) is 5.69 Å². The van der Waals surface area contributed by atoms with E-state index in [1.165, 1.54) is 0 Å². The van der Waals surface area contributed by atoms with Crippen molar-refractivity contribution in [3.05, 3.63) is 23.8 Å². The highest BCUT2D eigenvalue weighted by molar-refractivity contribution is 5.98. The smallest absolute Gasteiger partial charge is 0.265 e. The molecule has 6 heteroatoms. The van der Waals surface area contributed by atoms with Crippen molar-refractivity contribution in [2.75, 3.05) is 44.4 Å². The summed E-state index contributed by atoms with van der Waals surface area (Å²) >= 11 is 0. The zero-order chi connectivity index (χ0) is 15.5. The van der Waals surface area contributed by atoms with Gasteiger partial charge >= 0.3 is 0 Å². The molecule has 0 bridgehead atoms. The maximum atomic E-state index is 12.2. The van der Waals surface area contributed by atoms with E-state index in [0.29, 0.717) is 45.0 Å². The van der Waals surface area contributed by atoms with Gasteiger partial charge in [0.1, 0.15) is 5.75 Å². The lowest BCUT2D eigenvalue weighted by Gasteiger charge is -2.31. The molecule has 0 aliphatic carbocycles. The molecule has 0 aromatic heterocycles. The van der Waals surface area contributed by atoms with Crippen LogP contribution < -0.4 is 9.64 Å². The average Bonchev–Trinajstić information content (AvgIpc) is 2.54. The van der Waals surface area contributed by atoms with Crippen LogP contribution in [0.1, 0.15) is 12.0 Å². The molecule has 0 radical (unpaired) electrons. The Labute approximate surface area is 129 Å². The number of hydrogen-bond acceptors (Lipinski definition) is 4. The molecule has 2 aliphatic heterocycles. The van der Waals surface area contributed by atoms with Crippen LogP contribution in [0.15, 0.2) is 18.2 Å². The molecule has 6 nitrogen and oxygen atoms in total. The minimum absolute atomic E-state index is 0.0296. The summed E-state index contributed by atoms with van der Waals surface area (Å²) in [5.41, 5.74) is 1.81. The standard InChI is InChI=1S/C16H20N2O4/c1-12-2-3-14-13(10-12)18(16(20)11-22-14)5-4-15(19)17-6-8-21-9-7-17/h2-3,10H,4-9,11H2,1H3. The van der Waals surface area contributed by atoms with Crippen molar-refractivity contribution in [1.82, 2.24) is 4.90 Å². The molecule has 3 rings (SSSR count). The van der Waals surface area contributed by atoms with Gasteiger partial charge in [-0.15, -0.1) is 0 Å². The van der Waals surface area contributed by atoms with Crippen LogP contribution in [0, 0.1) is 6.92 Å². The molecule has 22 heavy (non-hydrogen) atoms. The Morgan fingerprint density at radius 1 is 1.27 bits per heavy atom. The Balaban J connectivity index is 1.68. The van der Waals surface area contributed by atoms with E-state index in [9.17, 15) is 9.59 Å². The molecule has 1 fully saturated rings. The molecule has 0 spiro atoms. The molecule has 2 amide bonds. The zero-order valence-corrected chi connectivity index (χ0v) is 12.7. The molecule has 1 aromatic carbocycles. The van der Waals surface area contributed by atoms with E-state index in [-0.39, 0.29) is 18.4 Å². The molecular weight excluding hydrogens is 284 g/mol. The Kier molecular flexibility index (Phi) is 4.29. The highest BCUT2D eigenvalue weighted by Gasteiger charge is 2.27. The first-order valence-electron chi connectivity index (χ1n) is 7.54. The second-order valence-corrected chi connectivity index (χ2v) is 5.55. The van der Waals surface area contributed by atoms with Crippen LogP contribution in [0.5, 0.6) is 5.75 Å². The number of carbonyl (C=O) groups excluding carboxylic acids is 2. The van der Waals surface area contributed by atoms with Gasteiger partial charge in [-0.3, -0.25) is 9.59 Å². The number of morpholine rings is 1. The molecule has 2 heterocycles. The number of carbonyl (C=O) groups is 2. The van der Waals surface area contributed by atoms with E-state index >= 15 is 0 Å². The summed E-state index contributed by atoms with van der Waals surface area (Å²) in [5.74, 6) is 0.661. The zero-order valence-electron chi connectivity index (χ0n) is 12.7. The Hall–Kier alpha value is -2.08. The third-order valence-electron chi connectivity index (χ3n) is 3.97. The SMILES string of the molecule is Cc1ccc2c(c1)N(CCC(=O)N1CCOCC1)C(=O)CO2. The summed E-state index contributed by atoms with van der Waals surface area (Å²) in [5, 5.41) is 0. The van der Waals surface area contributed by atoms with Gasteiger partial charge in [-0.2, -0.15) is 0 Å². The van der Waals surface area contributed by atoms with Crippen LogP contribution in [0.3, 0.4) is 0 Å². The molecular formula is C16H20N2O4. The lowest BCUT2D eigenvalue weighted by molar-refractivity contribution is -0.135. The van der Waals surface area contributed by atoms with Crippen molar-refractivity contribution in [3.63, 3.8) is 0 Å². The van der Waals surface area contributed by atoms with E-state index < -0.39 is 0 Å². The second kappa shape index (κ2) is 6.36. The average molecular weight is 304 g/mol. The van der Waals surface area contributed by atoms with Crippen LogP contribution in [-0.2, 0) is 14.3 Å². The van der Waals surface area contributed by atoms with Crippen molar-refractivity contribution in [3.8, 4) is 5.75 Å². The number of fused-ring (bicyclic) bond motifs is 1. The van der Waals surface area contributed by atoms with E-state index in [1.54, 1.807) is 9.80 Å². The molecule has 2 aliphatic rings. The number of ether oxygens (including phenoxy) is 2. The van der Waals surface area contributed by atoms with Crippen LogP contribution in [0.25, 0.3) is 0 Å². The minimum Gasteiger partial charge on any atom is -0.482 e. The molecule has 1 saturated heterocycles. The molecule has 1 aromatic rings. The number of amides is 2. The number of anilines is 1. The third-order valence-corrected chi connectivity index (χ3v) is 3.97. The van der Waals surface area contributed by atoms with Gasteiger partial charge < -0.3 is 19.3 Å². The number of aryl methyl sites for hydroxylation is 1. The largest absolute Gasteiger partial charge is 0.482 e. The fourth-order valence-electron chi connectivity index (χ4n) is 2.74. The Bertz CT molecular complexity index is 582. The van der Waals surface area contributed by atoms with Crippen molar-refractivity contribution in [1.29, 1.82) is 0 Å². The van der Waals surface area contributed by atoms with Crippen LogP contribution in [0.2, 0.25) is 0 Å². The van der Waals surface area contributed by atoms with Gasteiger partial charge in [-0.1, -0.05) is 6.07 Å². The fourth-order valence-corrected chi connectivity index (χ4v) is 2.74. The summed E-state index contributed by atoms with van der Waals surface area (Å²) < 4.78 is 10.7. The predicted molar refractivity (Wildman–Crippen MR) is 81.0 cm³/mol. The van der Waals surface area contributed by atoms with Gasteiger partial charge in [-0.25, -0.2) is 0 Å². The van der Waals surface area contributed by atoms with Crippen molar-refractivity contribution >= 4 is 17.5 Å². The molecule has 0 unspecified atom stereocenters. The van der Waals surface area contributed by atoms with Gasteiger partial charge in [0.15, 0.2) is 6.61 Å². The lowest BCUT2D eigenvalue weighted by atomic mass is 10.1. The van der Waals surface area contributed by atoms with E-state index in [4.69, 9.17) is 9.47 Å². The molecule has 118 valence electrons. The third kappa shape index (κ3) is 3.06. The number of benzene rings is 1. The van der Waals surface area contributed by atoms with Crippen molar-refractivity contribution in [2.24, 2.45) is 0 Å². The van der Waals surface area contributed by atoms with E-state index in [2.05, 4.69) is 0 Å². The molecule has 0 N–H and O–H groups in total. The van der Waals surface area contributed by atoms with Gasteiger partial charge in [0.05, 0.1) is 18.9 Å². The highest BCUT2D eigenvalue weighted by Crippen LogP contribution is 2.32. The second-order valence-electron chi connectivity index (χ2n) is 5.55. The summed E-state index contributed by atoms with van der Waals surface area (Å²) in [6, 6.07) is 5.74. The summed E-state index contributed by atoms with van der Waals surface area (Å²) in [7, 11) is 0. The Morgan fingerprint density at radius 2 is 2.05 bits per heavy atom. The van der Waals surface area contributed by atoms with Crippen LogP contribution >= 0.6 is 0 Å².